The largest absolute Gasteiger partial charge is 0.366 e. The normalized spacial score (nSPS) is 23.9. The van der Waals surface area contributed by atoms with Gasteiger partial charge in [-0.3, -0.25) is 9.59 Å². The number of nitrogens with zero attached hydrogens (tertiary/aromatic N) is 1. The Kier molecular flexibility index (Phi) is 2.47. The van der Waals surface area contributed by atoms with Crippen LogP contribution < -0.4 is 5.73 Å². The quantitative estimate of drug-likeness (QED) is 0.573. The van der Waals surface area contributed by atoms with Crippen molar-refractivity contribution in [2.24, 2.45) is 5.73 Å². The Morgan fingerprint density at radius 2 is 2.42 bits per heavy atom. The minimum Gasteiger partial charge on any atom is -0.366 e. The summed E-state index contributed by atoms with van der Waals surface area (Å²) >= 11 is 0. The first-order valence-corrected chi connectivity index (χ1v) is 3.84. The van der Waals surface area contributed by atoms with Crippen LogP contribution in [0, 0.1) is 0 Å². The van der Waals surface area contributed by atoms with Gasteiger partial charge in [-0.2, -0.15) is 0 Å². The molecule has 1 fully saturated rings. The fourth-order valence-electron chi connectivity index (χ4n) is 1.26. The van der Waals surface area contributed by atoms with E-state index in [1.165, 1.54) is 6.08 Å². The zero-order valence-corrected chi connectivity index (χ0v) is 6.99. The van der Waals surface area contributed by atoms with Gasteiger partial charge in [0.15, 0.2) is 0 Å². The molecular weight excluding hydrogens is 156 g/mol. The molecule has 0 spiro atoms. The van der Waals surface area contributed by atoms with E-state index in [0.717, 1.165) is 6.42 Å². The molecule has 0 aromatic carbocycles. The SMILES string of the molecule is CN1C(=O)CCC1C=CC(N)=O. The highest BCUT2D eigenvalue weighted by Gasteiger charge is 2.25. The maximum Gasteiger partial charge on any atom is 0.241 e. The van der Waals surface area contributed by atoms with Gasteiger partial charge in [0.1, 0.15) is 0 Å². The predicted octanol–water partition coefficient (Wildman–Crippen LogP) is -0.351. The summed E-state index contributed by atoms with van der Waals surface area (Å²) in [5.41, 5.74) is 4.92. The van der Waals surface area contributed by atoms with Crippen molar-refractivity contribution in [2.45, 2.75) is 18.9 Å². The second-order valence-electron chi connectivity index (χ2n) is 2.87. The lowest BCUT2D eigenvalue weighted by Crippen LogP contribution is -2.27. The monoisotopic (exact) mass is 168 g/mol. The molecule has 1 aliphatic rings. The van der Waals surface area contributed by atoms with Crippen molar-refractivity contribution < 1.29 is 9.59 Å². The molecule has 66 valence electrons. The molecule has 4 nitrogen and oxygen atoms in total. The topological polar surface area (TPSA) is 63.4 Å². The molecule has 2 N–H and O–H groups in total. The Balaban J connectivity index is 2.55. The lowest BCUT2D eigenvalue weighted by molar-refractivity contribution is -0.127. The van der Waals surface area contributed by atoms with Crippen molar-refractivity contribution in [2.75, 3.05) is 7.05 Å². The summed E-state index contributed by atoms with van der Waals surface area (Å²) < 4.78 is 0. The standard InChI is InChI=1S/C8H12N2O2/c1-10-6(2-4-7(9)11)3-5-8(10)12/h2,4,6H,3,5H2,1H3,(H2,9,11). The lowest BCUT2D eigenvalue weighted by Gasteiger charge is -2.15. The van der Waals surface area contributed by atoms with Crippen LogP contribution in [0.2, 0.25) is 0 Å². The van der Waals surface area contributed by atoms with E-state index >= 15 is 0 Å². The Bertz CT molecular complexity index is 235. The third-order valence-corrected chi connectivity index (χ3v) is 2.03. The van der Waals surface area contributed by atoms with E-state index in [9.17, 15) is 9.59 Å². The van der Waals surface area contributed by atoms with E-state index in [-0.39, 0.29) is 11.9 Å². The molecule has 1 rings (SSSR count). The van der Waals surface area contributed by atoms with Crippen molar-refractivity contribution >= 4 is 11.8 Å². The Labute approximate surface area is 71.0 Å². The first-order chi connectivity index (χ1) is 5.61. The van der Waals surface area contributed by atoms with E-state index in [4.69, 9.17) is 5.73 Å². The van der Waals surface area contributed by atoms with Crippen LogP contribution >= 0.6 is 0 Å². The number of carbonyl (C=O) groups excluding carboxylic acids is 2. The number of carbonyl (C=O) groups is 2. The zero-order chi connectivity index (χ0) is 9.14. The molecule has 2 amide bonds. The van der Waals surface area contributed by atoms with Crippen LogP contribution in [0.4, 0.5) is 0 Å². The van der Waals surface area contributed by atoms with Gasteiger partial charge in [-0.1, -0.05) is 6.08 Å². The summed E-state index contributed by atoms with van der Waals surface area (Å²) in [6.45, 7) is 0. The number of likely N-dealkylation sites (tertiary alicyclic amines) is 1. The minimum atomic E-state index is -0.470. The third-order valence-electron chi connectivity index (χ3n) is 2.03. The zero-order valence-electron chi connectivity index (χ0n) is 6.99. The van der Waals surface area contributed by atoms with Gasteiger partial charge in [-0.15, -0.1) is 0 Å². The van der Waals surface area contributed by atoms with E-state index in [0.29, 0.717) is 6.42 Å². The number of likely N-dealkylation sites (N-methyl/N-ethyl adjacent to an activating group) is 1. The van der Waals surface area contributed by atoms with Crippen molar-refractivity contribution in [1.82, 2.24) is 4.90 Å². The van der Waals surface area contributed by atoms with Crippen LogP contribution in [0.15, 0.2) is 12.2 Å². The van der Waals surface area contributed by atoms with Gasteiger partial charge in [0.05, 0.1) is 6.04 Å². The number of amides is 2. The van der Waals surface area contributed by atoms with Crippen LogP contribution in [-0.2, 0) is 9.59 Å². The molecule has 1 atom stereocenters. The molecule has 0 radical (unpaired) electrons. The number of hydrogen-bond acceptors (Lipinski definition) is 2. The van der Waals surface area contributed by atoms with Crippen molar-refractivity contribution in [3.63, 3.8) is 0 Å². The predicted molar refractivity (Wildman–Crippen MR) is 44.1 cm³/mol. The fraction of sp³-hybridized carbons (Fsp3) is 0.500. The second-order valence-corrected chi connectivity index (χ2v) is 2.87. The fourth-order valence-corrected chi connectivity index (χ4v) is 1.26. The maximum atomic E-state index is 11.0. The Hall–Kier alpha value is -1.32. The van der Waals surface area contributed by atoms with Gasteiger partial charge < -0.3 is 10.6 Å². The molecule has 1 saturated heterocycles. The maximum absolute atomic E-state index is 11.0. The first-order valence-electron chi connectivity index (χ1n) is 3.84. The van der Waals surface area contributed by atoms with Gasteiger partial charge in [0.2, 0.25) is 11.8 Å². The number of hydrogen-bond donors (Lipinski definition) is 1. The Morgan fingerprint density at radius 1 is 1.75 bits per heavy atom. The molecule has 0 aromatic rings. The lowest BCUT2D eigenvalue weighted by atomic mass is 10.2. The summed E-state index contributed by atoms with van der Waals surface area (Å²) in [5.74, 6) is -0.350. The Morgan fingerprint density at radius 3 is 2.83 bits per heavy atom. The van der Waals surface area contributed by atoms with Gasteiger partial charge in [-0.05, 0) is 6.42 Å². The van der Waals surface area contributed by atoms with Crippen LogP contribution in [0.1, 0.15) is 12.8 Å². The van der Waals surface area contributed by atoms with Gasteiger partial charge >= 0.3 is 0 Å². The molecule has 1 unspecified atom stereocenters. The van der Waals surface area contributed by atoms with Crippen molar-refractivity contribution in [3.8, 4) is 0 Å². The highest BCUT2D eigenvalue weighted by atomic mass is 16.2. The van der Waals surface area contributed by atoms with Gasteiger partial charge in [0.25, 0.3) is 0 Å². The molecular formula is C8H12N2O2. The summed E-state index contributed by atoms with van der Waals surface area (Å²) in [6.07, 6.45) is 4.32. The highest BCUT2D eigenvalue weighted by molar-refractivity contribution is 5.86. The smallest absolute Gasteiger partial charge is 0.241 e. The third kappa shape index (κ3) is 1.84. The molecule has 0 aromatic heterocycles. The van der Waals surface area contributed by atoms with Crippen LogP contribution in [-0.4, -0.2) is 29.8 Å². The van der Waals surface area contributed by atoms with E-state index < -0.39 is 5.91 Å². The number of primary amides is 1. The van der Waals surface area contributed by atoms with Gasteiger partial charge in [0, 0.05) is 19.5 Å². The summed E-state index contributed by atoms with van der Waals surface area (Å²) in [5, 5.41) is 0. The van der Waals surface area contributed by atoms with Crippen molar-refractivity contribution in [3.05, 3.63) is 12.2 Å². The summed E-state index contributed by atoms with van der Waals surface area (Å²) in [4.78, 5) is 23.0. The summed E-state index contributed by atoms with van der Waals surface area (Å²) in [7, 11) is 1.73. The van der Waals surface area contributed by atoms with Gasteiger partial charge in [-0.25, -0.2) is 0 Å². The average Bonchev–Trinajstić information content (AvgIpc) is 2.30. The van der Waals surface area contributed by atoms with Crippen molar-refractivity contribution in [1.29, 1.82) is 0 Å². The molecule has 12 heavy (non-hydrogen) atoms. The van der Waals surface area contributed by atoms with Crippen LogP contribution in [0.25, 0.3) is 0 Å². The molecule has 0 saturated carbocycles. The van der Waals surface area contributed by atoms with Crippen LogP contribution in [0.3, 0.4) is 0 Å². The molecule has 4 heteroatoms. The second kappa shape index (κ2) is 3.38. The summed E-state index contributed by atoms with van der Waals surface area (Å²) in [6, 6.07) is 0.0463. The first kappa shape index (κ1) is 8.77. The molecule has 1 aliphatic heterocycles. The van der Waals surface area contributed by atoms with E-state index in [1.54, 1.807) is 18.0 Å². The highest BCUT2D eigenvalue weighted by Crippen LogP contribution is 2.16. The van der Waals surface area contributed by atoms with E-state index in [1.807, 2.05) is 0 Å². The van der Waals surface area contributed by atoms with Crippen LogP contribution in [0.5, 0.6) is 0 Å². The average molecular weight is 168 g/mol. The molecule has 0 aliphatic carbocycles. The number of nitrogens with two attached hydrogens (primary N) is 1. The minimum absolute atomic E-state index is 0.0463. The van der Waals surface area contributed by atoms with E-state index in [2.05, 4.69) is 0 Å². The molecule has 0 bridgehead atoms. The molecule has 1 heterocycles. The number of rotatable bonds is 2.